The van der Waals surface area contributed by atoms with Gasteiger partial charge >= 0.3 is 0 Å². The molecular weight excluding hydrogens is 464 g/mol. The molecule has 0 aliphatic carbocycles. The van der Waals surface area contributed by atoms with Gasteiger partial charge in [-0.15, -0.1) is 0 Å². The number of aliphatic imine (C=N–C) groups is 1. The van der Waals surface area contributed by atoms with Crippen molar-refractivity contribution in [2.75, 3.05) is 27.2 Å². The third-order valence-electron chi connectivity index (χ3n) is 6.39. The lowest BCUT2D eigenvalue weighted by Gasteiger charge is -2.10. The molecule has 0 radical (unpaired) electrons. The van der Waals surface area contributed by atoms with Crippen LogP contribution in [0.3, 0.4) is 0 Å². The zero-order valence-electron chi connectivity index (χ0n) is 20.8. The van der Waals surface area contributed by atoms with Gasteiger partial charge in [0.2, 0.25) is 0 Å². The Hall–Kier alpha value is -4.49. The van der Waals surface area contributed by atoms with Crippen LogP contribution in [0.25, 0.3) is 22.4 Å². The van der Waals surface area contributed by atoms with Crippen molar-refractivity contribution >= 4 is 17.5 Å². The standard InChI is InChI=1S/C30H28N4O3/c1-34(2)17-7-16-31-28(35)23-11-6-10-22(18-23)27-25-24(29(36)33-27)26(32-30(25)37)21-14-12-20(13-15-21)19-8-4-3-5-9-19/h3-6,8-15,18,33,36H,7,16-17H2,1-2H3,(H,31,35). The maximum atomic E-state index is 13.0. The second-order valence-electron chi connectivity index (χ2n) is 9.30. The van der Waals surface area contributed by atoms with Crippen molar-refractivity contribution in [1.82, 2.24) is 15.2 Å². The number of carbonyl (C=O) groups is 2. The first kappa shape index (κ1) is 24.2. The summed E-state index contributed by atoms with van der Waals surface area (Å²) in [6, 6.07) is 24.8. The Morgan fingerprint density at radius 3 is 2.30 bits per heavy atom. The van der Waals surface area contributed by atoms with Crippen LogP contribution in [-0.2, 0) is 0 Å². The molecule has 4 aromatic rings. The molecule has 0 unspecified atom stereocenters. The summed E-state index contributed by atoms with van der Waals surface area (Å²) in [4.78, 5) is 34.9. The van der Waals surface area contributed by atoms with Crippen molar-refractivity contribution < 1.29 is 14.7 Å². The monoisotopic (exact) mass is 492 g/mol. The van der Waals surface area contributed by atoms with Gasteiger partial charge in [-0.05, 0) is 55.9 Å². The van der Waals surface area contributed by atoms with Crippen molar-refractivity contribution in [2.24, 2.45) is 4.99 Å². The summed E-state index contributed by atoms with van der Waals surface area (Å²) in [6.45, 7) is 1.45. The molecule has 1 aromatic heterocycles. The first-order valence-corrected chi connectivity index (χ1v) is 12.2. The molecule has 0 fully saturated rings. The predicted molar refractivity (Wildman–Crippen MR) is 145 cm³/mol. The normalized spacial score (nSPS) is 12.5. The Morgan fingerprint density at radius 1 is 0.892 bits per heavy atom. The highest BCUT2D eigenvalue weighted by molar-refractivity contribution is 6.30. The fraction of sp³-hybridized carbons (Fsp3) is 0.167. The fourth-order valence-corrected chi connectivity index (χ4v) is 4.54. The summed E-state index contributed by atoms with van der Waals surface area (Å²) in [6.07, 6.45) is 0.845. The third-order valence-corrected chi connectivity index (χ3v) is 6.39. The summed E-state index contributed by atoms with van der Waals surface area (Å²) in [5, 5.41) is 13.7. The number of nitrogens with zero attached hydrogens (tertiary/aromatic N) is 2. The summed E-state index contributed by atoms with van der Waals surface area (Å²) in [5.74, 6) is -0.739. The van der Waals surface area contributed by atoms with Crippen LogP contribution in [0.2, 0.25) is 0 Å². The maximum absolute atomic E-state index is 13.0. The molecule has 1 aliphatic rings. The topological polar surface area (TPSA) is 97.8 Å². The SMILES string of the molecule is CN(C)CCCNC(=O)c1cccc(-c2[nH]c(O)c3c2C(=O)N=C3c2ccc(-c3ccccc3)cc2)c1. The Labute approximate surface area is 215 Å². The highest BCUT2D eigenvalue weighted by Gasteiger charge is 2.33. The van der Waals surface area contributed by atoms with E-state index in [1.807, 2.05) is 68.7 Å². The predicted octanol–water partition coefficient (Wildman–Crippen LogP) is 4.73. The minimum atomic E-state index is -0.428. The summed E-state index contributed by atoms with van der Waals surface area (Å²) >= 11 is 0. The van der Waals surface area contributed by atoms with Gasteiger partial charge in [-0.25, -0.2) is 4.99 Å². The number of fused-ring (bicyclic) bond motifs is 1. The van der Waals surface area contributed by atoms with E-state index < -0.39 is 5.91 Å². The van der Waals surface area contributed by atoms with E-state index in [-0.39, 0.29) is 11.8 Å². The van der Waals surface area contributed by atoms with E-state index >= 15 is 0 Å². The molecule has 0 spiro atoms. The van der Waals surface area contributed by atoms with Crippen molar-refractivity contribution in [1.29, 1.82) is 0 Å². The highest BCUT2D eigenvalue weighted by atomic mass is 16.3. The van der Waals surface area contributed by atoms with Gasteiger partial charge in [0.05, 0.1) is 22.5 Å². The minimum Gasteiger partial charge on any atom is -0.494 e. The van der Waals surface area contributed by atoms with Gasteiger partial charge in [-0.2, -0.15) is 0 Å². The number of rotatable bonds is 8. The molecule has 7 heteroatoms. The molecule has 37 heavy (non-hydrogen) atoms. The number of aromatic nitrogens is 1. The van der Waals surface area contributed by atoms with E-state index in [0.29, 0.717) is 40.2 Å². The Kier molecular flexibility index (Phi) is 6.70. The Balaban J connectivity index is 1.41. The molecule has 3 N–H and O–H groups in total. The van der Waals surface area contributed by atoms with Gasteiger partial charge in [0.25, 0.3) is 11.8 Å². The van der Waals surface area contributed by atoms with Gasteiger partial charge in [0, 0.05) is 17.7 Å². The summed E-state index contributed by atoms with van der Waals surface area (Å²) in [7, 11) is 3.98. The number of hydrogen-bond donors (Lipinski definition) is 3. The van der Waals surface area contributed by atoms with Crippen LogP contribution in [0.5, 0.6) is 5.88 Å². The fourth-order valence-electron chi connectivity index (χ4n) is 4.54. The highest BCUT2D eigenvalue weighted by Crippen LogP contribution is 2.38. The number of benzene rings is 3. The lowest BCUT2D eigenvalue weighted by Crippen LogP contribution is -2.27. The average Bonchev–Trinajstić information content (AvgIpc) is 3.45. The number of aromatic hydroxyl groups is 1. The minimum absolute atomic E-state index is 0.125. The molecule has 0 bridgehead atoms. The van der Waals surface area contributed by atoms with Crippen LogP contribution in [0.4, 0.5) is 0 Å². The molecule has 5 rings (SSSR count). The molecule has 186 valence electrons. The number of aromatic amines is 1. The van der Waals surface area contributed by atoms with Crippen LogP contribution in [0.15, 0.2) is 83.9 Å². The second kappa shape index (κ2) is 10.2. The average molecular weight is 493 g/mol. The Bertz CT molecular complexity index is 1490. The van der Waals surface area contributed by atoms with E-state index in [4.69, 9.17) is 0 Å². The molecule has 3 aromatic carbocycles. The molecule has 0 atom stereocenters. The second-order valence-corrected chi connectivity index (χ2v) is 9.30. The lowest BCUT2D eigenvalue weighted by molar-refractivity contribution is 0.0951. The van der Waals surface area contributed by atoms with Gasteiger partial charge < -0.3 is 20.3 Å². The third kappa shape index (κ3) is 4.94. The molecule has 2 amide bonds. The van der Waals surface area contributed by atoms with E-state index in [1.165, 1.54) is 0 Å². The van der Waals surface area contributed by atoms with Gasteiger partial charge in [-0.1, -0.05) is 66.7 Å². The molecular formula is C30H28N4O3. The van der Waals surface area contributed by atoms with Gasteiger partial charge in [0.1, 0.15) is 0 Å². The number of hydrogen-bond acceptors (Lipinski definition) is 4. The van der Waals surface area contributed by atoms with E-state index in [2.05, 4.69) is 20.2 Å². The van der Waals surface area contributed by atoms with E-state index in [9.17, 15) is 14.7 Å². The van der Waals surface area contributed by atoms with Crippen LogP contribution in [-0.4, -0.2) is 59.7 Å². The molecule has 7 nitrogen and oxygen atoms in total. The Morgan fingerprint density at radius 2 is 1.57 bits per heavy atom. The smallest absolute Gasteiger partial charge is 0.280 e. The molecule has 1 aliphatic heterocycles. The van der Waals surface area contributed by atoms with Crippen molar-refractivity contribution in [3.05, 3.63) is 101 Å². The molecule has 2 heterocycles. The van der Waals surface area contributed by atoms with E-state index in [0.717, 1.165) is 29.7 Å². The van der Waals surface area contributed by atoms with Crippen LogP contribution in [0, 0.1) is 0 Å². The van der Waals surface area contributed by atoms with E-state index in [1.54, 1.807) is 24.3 Å². The zero-order chi connectivity index (χ0) is 25.9. The number of nitrogens with one attached hydrogen (secondary N) is 2. The van der Waals surface area contributed by atoms with Crippen molar-refractivity contribution in [2.45, 2.75) is 6.42 Å². The van der Waals surface area contributed by atoms with Gasteiger partial charge in [0.15, 0.2) is 5.88 Å². The van der Waals surface area contributed by atoms with Crippen molar-refractivity contribution in [3.8, 4) is 28.3 Å². The van der Waals surface area contributed by atoms with Crippen LogP contribution in [0.1, 0.15) is 38.3 Å². The summed E-state index contributed by atoms with van der Waals surface area (Å²) < 4.78 is 0. The van der Waals surface area contributed by atoms with Gasteiger partial charge in [-0.3, -0.25) is 9.59 Å². The summed E-state index contributed by atoms with van der Waals surface area (Å²) in [5.41, 5.74) is 5.54. The van der Waals surface area contributed by atoms with Crippen LogP contribution < -0.4 is 5.32 Å². The lowest BCUT2D eigenvalue weighted by atomic mass is 9.97. The number of amides is 2. The number of H-pyrrole nitrogens is 1. The molecule has 0 saturated carbocycles. The zero-order valence-corrected chi connectivity index (χ0v) is 20.8. The number of carbonyl (C=O) groups excluding carboxylic acids is 2. The maximum Gasteiger partial charge on any atom is 0.280 e. The first-order valence-electron chi connectivity index (χ1n) is 12.2. The van der Waals surface area contributed by atoms with Crippen LogP contribution >= 0.6 is 0 Å². The first-order chi connectivity index (χ1) is 17.9. The quantitative estimate of drug-likeness (QED) is 0.310. The largest absolute Gasteiger partial charge is 0.494 e. The molecule has 0 saturated heterocycles. The van der Waals surface area contributed by atoms with Crippen molar-refractivity contribution in [3.63, 3.8) is 0 Å².